The van der Waals surface area contributed by atoms with Crippen LogP contribution in [0.5, 0.6) is 0 Å². The molecule has 0 fully saturated rings. The molecule has 0 bridgehead atoms. The van der Waals surface area contributed by atoms with Crippen molar-refractivity contribution < 1.29 is 4.79 Å². The summed E-state index contributed by atoms with van der Waals surface area (Å²) in [6.07, 6.45) is 0.863. The number of fused-ring (bicyclic) bond motifs is 1. The van der Waals surface area contributed by atoms with Gasteiger partial charge in [-0.15, -0.1) is 23.1 Å². The van der Waals surface area contributed by atoms with Crippen LogP contribution >= 0.6 is 23.1 Å². The summed E-state index contributed by atoms with van der Waals surface area (Å²) in [7, 11) is 2.05. The largest absolute Gasteiger partial charge is 0.375 e. The van der Waals surface area contributed by atoms with E-state index >= 15 is 0 Å². The molecule has 0 saturated heterocycles. The summed E-state index contributed by atoms with van der Waals surface area (Å²) >= 11 is 2.94. The average molecular weight is 493 g/mol. The van der Waals surface area contributed by atoms with Crippen LogP contribution in [0.1, 0.15) is 19.2 Å². The number of aromatic nitrogens is 2. The number of carbonyl (C=O) groups is 1. The van der Waals surface area contributed by atoms with Gasteiger partial charge >= 0.3 is 0 Å². The van der Waals surface area contributed by atoms with Crippen molar-refractivity contribution in [3.63, 3.8) is 0 Å². The number of thiophene rings is 1. The van der Waals surface area contributed by atoms with Crippen LogP contribution in [0.4, 0.5) is 5.69 Å². The van der Waals surface area contributed by atoms with Crippen molar-refractivity contribution >= 4 is 44.9 Å². The van der Waals surface area contributed by atoms with E-state index in [0.29, 0.717) is 23.5 Å². The summed E-state index contributed by atoms with van der Waals surface area (Å²) in [5.41, 5.74) is 2.93. The topological polar surface area (TPSA) is 78.1 Å². The van der Waals surface area contributed by atoms with Crippen LogP contribution in [0.2, 0.25) is 0 Å². The first-order valence-electron chi connectivity index (χ1n) is 11.2. The Morgan fingerprint density at radius 1 is 1.15 bits per heavy atom. The molecule has 1 atom stereocenters. The molecule has 1 amide bonds. The van der Waals surface area contributed by atoms with Crippen molar-refractivity contribution in [2.75, 3.05) is 25.0 Å². The van der Waals surface area contributed by atoms with Gasteiger partial charge in [0.15, 0.2) is 0 Å². The van der Waals surface area contributed by atoms with Gasteiger partial charge in [-0.25, -0.2) is 4.98 Å². The lowest BCUT2D eigenvalue weighted by Crippen LogP contribution is -2.33. The monoisotopic (exact) mass is 492 g/mol. The standard InChI is InChI=1S/C26H28N4O2S2/c1-18(24(31)27-14-9-15-30(2)20-12-7-4-8-13-20)33-17-22-28-25(32)23-21(16-34-26(23)29-22)19-10-5-3-6-11-19/h3-8,10-13,16,18H,9,14-15,17H2,1-2H3,(H,27,31)(H,28,29,32)/t18-/m1/s1. The predicted molar refractivity (Wildman–Crippen MR) is 144 cm³/mol. The van der Waals surface area contributed by atoms with Crippen LogP contribution in [0.3, 0.4) is 0 Å². The molecule has 176 valence electrons. The Hall–Kier alpha value is -3.10. The first kappa shape index (κ1) is 24.0. The Kier molecular flexibility index (Phi) is 8.03. The average Bonchev–Trinajstić information content (AvgIpc) is 3.30. The summed E-state index contributed by atoms with van der Waals surface area (Å²) in [5.74, 6) is 1.06. The number of benzene rings is 2. The molecule has 0 radical (unpaired) electrons. The molecule has 0 aliphatic heterocycles. The number of nitrogens with zero attached hydrogens (tertiary/aromatic N) is 2. The number of rotatable bonds is 10. The molecule has 2 N–H and O–H groups in total. The molecule has 0 saturated carbocycles. The van der Waals surface area contributed by atoms with E-state index in [4.69, 9.17) is 0 Å². The number of anilines is 1. The summed E-state index contributed by atoms with van der Waals surface area (Å²) in [4.78, 5) is 35.7. The second-order valence-corrected chi connectivity index (χ2v) is 10.3. The molecule has 6 nitrogen and oxygen atoms in total. The van der Waals surface area contributed by atoms with E-state index in [-0.39, 0.29) is 16.7 Å². The zero-order valence-electron chi connectivity index (χ0n) is 19.3. The zero-order chi connectivity index (χ0) is 23.9. The van der Waals surface area contributed by atoms with Gasteiger partial charge in [0.1, 0.15) is 10.7 Å². The summed E-state index contributed by atoms with van der Waals surface area (Å²) in [6.45, 7) is 3.37. The predicted octanol–water partition coefficient (Wildman–Crippen LogP) is 4.92. The minimum atomic E-state index is -0.240. The third-order valence-electron chi connectivity index (χ3n) is 5.58. The SMILES string of the molecule is C[C@@H](SCc1nc2scc(-c3ccccc3)c2c(=O)[nH]1)C(=O)NCCCN(C)c1ccccc1. The molecule has 4 rings (SSSR count). The van der Waals surface area contributed by atoms with Crippen molar-refractivity contribution in [2.24, 2.45) is 0 Å². The van der Waals surface area contributed by atoms with Gasteiger partial charge in [0, 0.05) is 36.8 Å². The van der Waals surface area contributed by atoms with Crippen molar-refractivity contribution in [1.82, 2.24) is 15.3 Å². The number of H-pyrrole nitrogens is 1. The molecular weight excluding hydrogens is 464 g/mol. The Morgan fingerprint density at radius 3 is 2.59 bits per heavy atom. The third kappa shape index (κ3) is 5.87. The lowest BCUT2D eigenvalue weighted by molar-refractivity contribution is -0.120. The molecule has 2 aromatic carbocycles. The van der Waals surface area contributed by atoms with E-state index in [1.54, 1.807) is 0 Å². The van der Waals surface area contributed by atoms with Gasteiger partial charge in [0.2, 0.25) is 5.91 Å². The highest BCUT2D eigenvalue weighted by atomic mass is 32.2. The van der Waals surface area contributed by atoms with Crippen LogP contribution in [-0.2, 0) is 10.5 Å². The van der Waals surface area contributed by atoms with E-state index in [2.05, 4.69) is 39.4 Å². The minimum absolute atomic E-state index is 0.00160. The maximum atomic E-state index is 12.8. The van der Waals surface area contributed by atoms with Gasteiger partial charge in [-0.05, 0) is 31.0 Å². The molecule has 8 heteroatoms. The van der Waals surface area contributed by atoms with Gasteiger partial charge in [-0.2, -0.15) is 0 Å². The zero-order valence-corrected chi connectivity index (χ0v) is 20.9. The smallest absolute Gasteiger partial charge is 0.260 e. The maximum absolute atomic E-state index is 12.8. The molecule has 0 unspecified atom stereocenters. The molecule has 2 heterocycles. The number of thioether (sulfide) groups is 1. The fourth-order valence-corrected chi connectivity index (χ4v) is 5.40. The number of aromatic amines is 1. The molecule has 4 aromatic rings. The molecule has 0 spiro atoms. The number of carbonyl (C=O) groups excluding carboxylic acids is 1. The van der Waals surface area contributed by atoms with Gasteiger partial charge in [-0.1, -0.05) is 48.5 Å². The Balaban J connectivity index is 1.28. The van der Waals surface area contributed by atoms with Gasteiger partial charge in [-0.3, -0.25) is 9.59 Å². The van der Waals surface area contributed by atoms with E-state index in [9.17, 15) is 9.59 Å². The highest BCUT2D eigenvalue weighted by Crippen LogP contribution is 2.30. The third-order valence-corrected chi connectivity index (χ3v) is 7.61. The Labute approximate surface area is 207 Å². The number of amides is 1. The van der Waals surface area contributed by atoms with Crippen LogP contribution in [-0.4, -0.2) is 41.3 Å². The van der Waals surface area contributed by atoms with Gasteiger partial charge in [0.05, 0.1) is 16.4 Å². The highest BCUT2D eigenvalue weighted by Gasteiger charge is 2.16. The number of para-hydroxylation sites is 1. The second kappa shape index (κ2) is 11.4. The summed E-state index contributed by atoms with van der Waals surface area (Å²) in [6, 6.07) is 20.0. The second-order valence-electron chi connectivity index (χ2n) is 8.06. The lowest BCUT2D eigenvalue weighted by Gasteiger charge is -2.19. The van der Waals surface area contributed by atoms with E-state index in [1.165, 1.54) is 23.1 Å². The fraction of sp³-hybridized carbons (Fsp3) is 0.269. The normalized spacial score (nSPS) is 11.9. The summed E-state index contributed by atoms with van der Waals surface area (Å²) < 4.78 is 0. The minimum Gasteiger partial charge on any atom is -0.375 e. The molecule has 2 aromatic heterocycles. The van der Waals surface area contributed by atoms with E-state index < -0.39 is 0 Å². The van der Waals surface area contributed by atoms with E-state index in [1.807, 2.05) is 60.8 Å². The lowest BCUT2D eigenvalue weighted by atomic mass is 10.1. The molecule has 0 aliphatic rings. The van der Waals surface area contributed by atoms with Crippen molar-refractivity contribution in [3.8, 4) is 11.1 Å². The van der Waals surface area contributed by atoms with Crippen LogP contribution in [0, 0.1) is 0 Å². The van der Waals surface area contributed by atoms with Gasteiger partial charge in [0.25, 0.3) is 5.56 Å². The number of hydrogen-bond donors (Lipinski definition) is 2. The molecule has 34 heavy (non-hydrogen) atoms. The summed E-state index contributed by atoms with van der Waals surface area (Å²) in [5, 5.41) is 5.37. The molecular formula is C26H28N4O2S2. The van der Waals surface area contributed by atoms with Crippen LogP contribution in [0.15, 0.2) is 70.8 Å². The number of nitrogens with one attached hydrogen (secondary N) is 2. The van der Waals surface area contributed by atoms with Crippen molar-refractivity contribution in [2.45, 2.75) is 24.3 Å². The first-order chi connectivity index (χ1) is 16.5. The van der Waals surface area contributed by atoms with Gasteiger partial charge < -0.3 is 15.2 Å². The van der Waals surface area contributed by atoms with Crippen molar-refractivity contribution in [1.29, 1.82) is 0 Å². The van der Waals surface area contributed by atoms with E-state index in [0.717, 1.165) is 34.6 Å². The molecule has 0 aliphatic carbocycles. The highest BCUT2D eigenvalue weighted by molar-refractivity contribution is 7.99. The Morgan fingerprint density at radius 2 is 1.85 bits per heavy atom. The number of hydrogen-bond acceptors (Lipinski definition) is 6. The van der Waals surface area contributed by atoms with Crippen molar-refractivity contribution in [3.05, 3.63) is 82.2 Å². The van der Waals surface area contributed by atoms with Crippen LogP contribution in [0.25, 0.3) is 21.3 Å². The Bertz CT molecular complexity index is 1290. The first-order valence-corrected chi connectivity index (χ1v) is 13.2. The fourth-order valence-electron chi connectivity index (χ4n) is 3.65. The maximum Gasteiger partial charge on any atom is 0.260 e. The quantitative estimate of drug-likeness (QED) is 0.307. The van der Waals surface area contributed by atoms with Crippen LogP contribution < -0.4 is 15.8 Å².